The van der Waals surface area contributed by atoms with Crippen LogP contribution in [0.15, 0.2) is 24.5 Å². The summed E-state index contributed by atoms with van der Waals surface area (Å²) in [5.74, 6) is -0.524. The highest BCUT2D eigenvalue weighted by Crippen LogP contribution is 2.03. The molecule has 1 amide bonds. The third-order valence-electron chi connectivity index (χ3n) is 1.49. The van der Waals surface area contributed by atoms with Crippen molar-refractivity contribution in [3.8, 4) is 0 Å². The Bertz CT molecular complexity index is 231. The Morgan fingerprint density at radius 2 is 2.09 bits per heavy atom. The Kier molecular flexibility index (Phi) is 2.28. The lowest BCUT2D eigenvalue weighted by atomic mass is 10.3. The van der Waals surface area contributed by atoms with Crippen molar-refractivity contribution < 1.29 is 9.90 Å². The van der Waals surface area contributed by atoms with Gasteiger partial charge in [0.15, 0.2) is 0 Å². The number of nitrogens with two attached hydrogens (primary N) is 1. The van der Waals surface area contributed by atoms with Crippen molar-refractivity contribution in [3.05, 3.63) is 24.5 Å². The van der Waals surface area contributed by atoms with Crippen molar-refractivity contribution in [2.45, 2.75) is 6.04 Å². The van der Waals surface area contributed by atoms with Crippen LogP contribution < -0.4 is 5.73 Å². The maximum Gasteiger partial charge on any atom is 0.242 e. The fourth-order valence-electron chi connectivity index (χ4n) is 0.887. The second-order valence-corrected chi connectivity index (χ2v) is 2.23. The predicted molar refractivity (Wildman–Crippen MR) is 39.7 cm³/mol. The van der Waals surface area contributed by atoms with Crippen molar-refractivity contribution in [1.29, 1.82) is 0 Å². The Morgan fingerprint density at radius 1 is 1.55 bits per heavy atom. The van der Waals surface area contributed by atoms with Gasteiger partial charge >= 0.3 is 0 Å². The van der Waals surface area contributed by atoms with Crippen LogP contribution in [0.5, 0.6) is 0 Å². The zero-order valence-electron chi connectivity index (χ0n) is 5.97. The standard InChI is InChI=1S/C7H10N2O2/c8-7(11)6(5-10)9-3-1-2-4-9/h1-4,6,10H,5H2,(H2,8,11). The van der Waals surface area contributed by atoms with E-state index in [2.05, 4.69) is 0 Å². The first-order valence-electron chi connectivity index (χ1n) is 3.28. The fourth-order valence-corrected chi connectivity index (χ4v) is 0.887. The molecule has 1 rings (SSSR count). The number of carbonyl (C=O) groups excluding carboxylic acids is 1. The van der Waals surface area contributed by atoms with Crippen LogP contribution in [0.25, 0.3) is 0 Å². The van der Waals surface area contributed by atoms with Crippen molar-refractivity contribution in [2.75, 3.05) is 6.61 Å². The number of primary amides is 1. The van der Waals surface area contributed by atoms with E-state index in [9.17, 15) is 4.79 Å². The summed E-state index contributed by atoms with van der Waals surface area (Å²) in [4.78, 5) is 10.7. The zero-order chi connectivity index (χ0) is 8.27. The molecule has 3 N–H and O–H groups in total. The number of hydrogen-bond acceptors (Lipinski definition) is 2. The Hall–Kier alpha value is -1.29. The lowest BCUT2D eigenvalue weighted by Crippen LogP contribution is -2.28. The van der Waals surface area contributed by atoms with Crippen molar-refractivity contribution in [1.82, 2.24) is 4.57 Å². The van der Waals surface area contributed by atoms with Gasteiger partial charge in [0.1, 0.15) is 6.04 Å². The van der Waals surface area contributed by atoms with Gasteiger partial charge < -0.3 is 15.4 Å². The number of rotatable bonds is 3. The number of aromatic nitrogens is 1. The van der Waals surface area contributed by atoms with Gasteiger partial charge in [0.2, 0.25) is 5.91 Å². The summed E-state index contributed by atoms with van der Waals surface area (Å²) in [7, 11) is 0. The molecule has 1 aromatic rings. The van der Waals surface area contributed by atoms with Crippen LogP contribution in [-0.4, -0.2) is 22.2 Å². The van der Waals surface area contributed by atoms with Crippen molar-refractivity contribution >= 4 is 5.91 Å². The minimum Gasteiger partial charge on any atom is -0.394 e. The number of aliphatic hydroxyl groups is 1. The number of aliphatic hydroxyl groups excluding tert-OH is 1. The summed E-state index contributed by atoms with van der Waals surface area (Å²) >= 11 is 0. The third-order valence-corrected chi connectivity index (χ3v) is 1.49. The van der Waals surface area contributed by atoms with E-state index < -0.39 is 11.9 Å². The molecule has 1 unspecified atom stereocenters. The van der Waals surface area contributed by atoms with E-state index in [1.165, 1.54) is 0 Å². The maximum atomic E-state index is 10.7. The zero-order valence-corrected chi connectivity index (χ0v) is 5.97. The smallest absolute Gasteiger partial charge is 0.242 e. The first-order chi connectivity index (χ1) is 5.25. The lowest BCUT2D eigenvalue weighted by molar-refractivity contribution is -0.122. The maximum absolute atomic E-state index is 10.7. The van der Waals surface area contributed by atoms with E-state index in [1.54, 1.807) is 29.1 Å². The molecule has 1 atom stereocenters. The summed E-state index contributed by atoms with van der Waals surface area (Å²) in [6.45, 7) is -0.260. The Balaban J connectivity index is 2.79. The highest BCUT2D eigenvalue weighted by molar-refractivity contribution is 5.78. The van der Waals surface area contributed by atoms with Crippen LogP contribution in [-0.2, 0) is 4.79 Å². The molecule has 0 saturated heterocycles. The second-order valence-electron chi connectivity index (χ2n) is 2.23. The van der Waals surface area contributed by atoms with E-state index in [4.69, 9.17) is 10.8 Å². The normalized spacial score (nSPS) is 12.8. The topological polar surface area (TPSA) is 68.2 Å². The minimum atomic E-state index is -0.634. The summed E-state index contributed by atoms with van der Waals surface area (Å²) < 4.78 is 1.57. The molecule has 0 spiro atoms. The molecule has 0 aliphatic rings. The molecular formula is C7H10N2O2. The molecule has 60 valence electrons. The molecule has 1 heterocycles. The minimum absolute atomic E-state index is 0.260. The van der Waals surface area contributed by atoms with Gasteiger partial charge in [0.05, 0.1) is 6.61 Å². The molecule has 0 bridgehead atoms. The van der Waals surface area contributed by atoms with E-state index in [0.29, 0.717) is 0 Å². The van der Waals surface area contributed by atoms with E-state index in [-0.39, 0.29) is 6.61 Å². The molecule has 4 heteroatoms. The second kappa shape index (κ2) is 3.21. The fraction of sp³-hybridized carbons (Fsp3) is 0.286. The van der Waals surface area contributed by atoms with Gasteiger partial charge in [-0.2, -0.15) is 0 Å². The van der Waals surface area contributed by atoms with Crippen LogP contribution in [0.3, 0.4) is 0 Å². The summed E-state index contributed by atoms with van der Waals surface area (Å²) in [5.41, 5.74) is 5.02. The Morgan fingerprint density at radius 3 is 2.45 bits per heavy atom. The average molecular weight is 154 g/mol. The van der Waals surface area contributed by atoms with Gasteiger partial charge in [0.25, 0.3) is 0 Å². The molecule has 0 aliphatic heterocycles. The summed E-state index contributed by atoms with van der Waals surface area (Å²) in [6, 6.07) is 2.90. The van der Waals surface area contributed by atoms with Gasteiger partial charge in [-0.1, -0.05) is 0 Å². The third kappa shape index (κ3) is 1.59. The number of carbonyl (C=O) groups is 1. The van der Waals surface area contributed by atoms with Gasteiger partial charge in [0, 0.05) is 12.4 Å². The SMILES string of the molecule is NC(=O)C(CO)n1cccc1. The number of hydrogen-bond donors (Lipinski definition) is 2. The van der Waals surface area contributed by atoms with Gasteiger partial charge in [-0.25, -0.2) is 0 Å². The van der Waals surface area contributed by atoms with E-state index in [0.717, 1.165) is 0 Å². The average Bonchev–Trinajstić information content (AvgIpc) is 2.40. The molecule has 4 nitrogen and oxygen atoms in total. The molecule has 0 aliphatic carbocycles. The van der Waals surface area contributed by atoms with Crippen LogP contribution in [0.4, 0.5) is 0 Å². The highest BCUT2D eigenvalue weighted by Gasteiger charge is 2.13. The molecular weight excluding hydrogens is 144 g/mol. The van der Waals surface area contributed by atoms with Gasteiger partial charge in [-0.05, 0) is 12.1 Å². The molecule has 1 aromatic heterocycles. The summed E-state index contributed by atoms with van der Waals surface area (Å²) in [5, 5.41) is 8.75. The van der Waals surface area contributed by atoms with Gasteiger partial charge in [-0.15, -0.1) is 0 Å². The van der Waals surface area contributed by atoms with Crippen molar-refractivity contribution in [2.24, 2.45) is 5.73 Å². The molecule has 0 radical (unpaired) electrons. The Labute approximate surface area is 64.2 Å². The summed E-state index contributed by atoms with van der Waals surface area (Å²) in [6.07, 6.45) is 3.37. The van der Waals surface area contributed by atoms with Crippen LogP contribution >= 0.6 is 0 Å². The van der Waals surface area contributed by atoms with E-state index in [1.807, 2.05) is 0 Å². The van der Waals surface area contributed by atoms with E-state index >= 15 is 0 Å². The molecule has 0 fully saturated rings. The lowest BCUT2D eigenvalue weighted by Gasteiger charge is -2.10. The largest absolute Gasteiger partial charge is 0.394 e. The van der Waals surface area contributed by atoms with Crippen LogP contribution in [0.2, 0.25) is 0 Å². The van der Waals surface area contributed by atoms with Crippen LogP contribution in [0, 0.1) is 0 Å². The number of amides is 1. The first-order valence-corrected chi connectivity index (χ1v) is 3.28. The predicted octanol–water partition coefficient (Wildman–Crippen LogP) is -0.493. The van der Waals surface area contributed by atoms with Crippen molar-refractivity contribution in [3.63, 3.8) is 0 Å². The molecule has 0 saturated carbocycles. The first kappa shape index (κ1) is 7.81. The monoisotopic (exact) mass is 154 g/mol. The quantitative estimate of drug-likeness (QED) is 0.616. The molecule has 0 aromatic carbocycles. The number of nitrogens with zero attached hydrogens (tertiary/aromatic N) is 1. The highest BCUT2D eigenvalue weighted by atomic mass is 16.3. The molecule has 11 heavy (non-hydrogen) atoms. The van der Waals surface area contributed by atoms with Gasteiger partial charge in [-0.3, -0.25) is 4.79 Å². The van der Waals surface area contributed by atoms with Crippen LogP contribution in [0.1, 0.15) is 6.04 Å².